The van der Waals surface area contributed by atoms with Gasteiger partial charge in [-0.1, -0.05) is 32.4 Å². The summed E-state index contributed by atoms with van der Waals surface area (Å²) >= 11 is 0. The molecule has 8 nitrogen and oxygen atoms in total. The first-order chi connectivity index (χ1) is 17.7. The molecule has 5 aliphatic rings. The molecule has 2 heterocycles. The molecular weight excluding hydrogens is 472 g/mol. The lowest BCUT2D eigenvalue weighted by Crippen LogP contribution is -2.43. The molecule has 3 aliphatic carbocycles. The largest absolute Gasteiger partial charge is 0.507 e. The Kier molecular flexibility index (Phi) is 7.33. The number of Topliss-reactive ketones (excluding diaryl/α,β-unsaturated/α-hetero) is 1. The second-order valence-corrected chi connectivity index (χ2v) is 11.9. The van der Waals surface area contributed by atoms with E-state index in [-0.39, 0.29) is 42.2 Å². The average molecular weight is 513 g/mol. The van der Waals surface area contributed by atoms with Crippen LogP contribution in [0.5, 0.6) is 0 Å². The van der Waals surface area contributed by atoms with Crippen molar-refractivity contribution >= 4 is 17.6 Å². The molecule has 0 spiro atoms. The van der Waals surface area contributed by atoms with Crippen LogP contribution in [0.1, 0.15) is 52.4 Å². The summed E-state index contributed by atoms with van der Waals surface area (Å²) in [6, 6.07) is -1.16. The zero-order chi connectivity index (χ0) is 26.4. The van der Waals surface area contributed by atoms with Crippen molar-refractivity contribution in [1.82, 2.24) is 10.6 Å². The van der Waals surface area contributed by atoms with Gasteiger partial charge in [-0.15, -0.1) is 0 Å². The van der Waals surface area contributed by atoms with E-state index in [1.165, 1.54) is 25.0 Å². The predicted octanol–water partition coefficient (Wildman–Crippen LogP) is 2.18. The van der Waals surface area contributed by atoms with E-state index in [1.54, 1.807) is 0 Å². The minimum absolute atomic E-state index is 0.0725. The van der Waals surface area contributed by atoms with Gasteiger partial charge in [0.05, 0.1) is 12.2 Å². The number of fused-ring (bicyclic) bond motifs is 7. The number of aliphatic hydroxyl groups excluding tert-OH is 3. The number of ketones is 1. The highest BCUT2D eigenvalue weighted by atomic mass is 16.3. The lowest BCUT2D eigenvalue weighted by Gasteiger charge is -2.44. The zero-order valence-corrected chi connectivity index (χ0v) is 21.7. The summed E-state index contributed by atoms with van der Waals surface area (Å²) in [5.74, 6) is 1.03. The smallest absolute Gasteiger partial charge is 0.259 e. The van der Waals surface area contributed by atoms with Crippen LogP contribution in [0.2, 0.25) is 0 Å². The summed E-state index contributed by atoms with van der Waals surface area (Å²) in [6.07, 6.45) is 9.79. The number of aliphatic hydroxyl groups is 3. The van der Waals surface area contributed by atoms with Crippen molar-refractivity contribution in [2.45, 2.75) is 70.6 Å². The zero-order valence-electron chi connectivity index (χ0n) is 21.7. The molecule has 0 unspecified atom stereocenters. The molecule has 2 aliphatic heterocycles. The lowest BCUT2D eigenvalue weighted by atomic mass is 9.62. The number of amides is 2. The van der Waals surface area contributed by atoms with Crippen molar-refractivity contribution in [3.63, 3.8) is 0 Å². The summed E-state index contributed by atoms with van der Waals surface area (Å²) in [5, 5.41) is 37.7. The van der Waals surface area contributed by atoms with Crippen molar-refractivity contribution in [1.29, 1.82) is 0 Å². The van der Waals surface area contributed by atoms with Crippen LogP contribution in [-0.4, -0.2) is 57.7 Å². The fourth-order valence-electron chi connectivity index (χ4n) is 8.51. The maximum atomic E-state index is 12.8. The van der Waals surface area contributed by atoms with Gasteiger partial charge >= 0.3 is 0 Å². The minimum Gasteiger partial charge on any atom is -0.507 e. The van der Waals surface area contributed by atoms with Crippen LogP contribution in [-0.2, 0) is 14.4 Å². The standard InChI is InChI=1S/C29H40N2O6/c1-3-15-11-17-12-19-18-5-4-6-23(35)30-10-9-21(33)27-28(36)26(29(37)31-27)20(32)8-7-16(18)13-22(34)25(19)24(17)14(15)2/h4,6-8,14-19,21-22,24-25,27,32-34H,3,5,9-13H2,1-2H3,(H,30,35)(H,31,37)/b6-4-,8-7+,26-20?/t14-,15-,16-,17-,18+,19+,21+,22-,24+,25-,27-/m0/s1. The van der Waals surface area contributed by atoms with Crippen LogP contribution >= 0.6 is 0 Å². The third-order valence-corrected chi connectivity index (χ3v) is 10.2. The summed E-state index contributed by atoms with van der Waals surface area (Å²) in [4.78, 5) is 37.7. The van der Waals surface area contributed by atoms with Gasteiger partial charge in [0, 0.05) is 6.54 Å². The fourth-order valence-corrected chi connectivity index (χ4v) is 8.51. The monoisotopic (exact) mass is 512 g/mol. The third kappa shape index (κ3) is 4.67. The Morgan fingerprint density at radius 1 is 1.00 bits per heavy atom. The Bertz CT molecular complexity index is 1030. The Labute approximate surface area is 218 Å². The molecule has 5 rings (SSSR count). The fraction of sp³-hybridized carbons (Fsp3) is 0.690. The van der Waals surface area contributed by atoms with Crippen molar-refractivity contribution in [2.24, 2.45) is 47.3 Å². The topological polar surface area (TPSA) is 136 Å². The molecule has 2 amide bonds. The molecule has 0 aromatic rings. The predicted molar refractivity (Wildman–Crippen MR) is 137 cm³/mol. The lowest BCUT2D eigenvalue weighted by molar-refractivity contribution is -0.118. The van der Waals surface area contributed by atoms with E-state index >= 15 is 0 Å². The quantitative estimate of drug-likeness (QED) is 0.342. The molecule has 1 saturated heterocycles. The van der Waals surface area contributed by atoms with E-state index in [4.69, 9.17) is 0 Å². The van der Waals surface area contributed by atoms with E-state index < -0.39 is 35.7 Å². The number of allylic oxidation sites excluding steroid dienone is 3. The van der Waals surface area contributed by atoms with E-state index in [2.05, 4.69) is 24.5 Å². The molecule has 4 fully saturated rings. The normalized spacial score (nSPS) is 46.1. The number of nitrogens with one attached hydrogen (secondary N) is 2. The van der Waals surface area contributed by atoms with Crippen LogP contribution in [0.3, 0.4) is 0 Å². The highest BCUT2D eigenvalue weighted by Gasteiger charge is 2.58. The van der Waals surface area contributed by atoms with Gasteiger partial charge in [0.25, 0.3) is 5.91 Å². The summed E-state index contributed by atoms with van der Waals surface area (Å²) in [7, 11) is 0. The Balaban J connectivity index is 1.47. The minimum atomic E-state index is -1.19. The molecular formula is C29H40N2O6. The van der Waals surface area contributed by atoms with Crippen molar-refractivity contribution in [2.75, 3.05) is 6.54 Å². The van der Waals surface area contributed by atoms with E-state index in [9.17, 15) is 29.7 Å². The average Bonchev–Trinajstić information content (AvgIpc) is 3.48. The summed E-state index contributed by atoms with van der Waals surface area (Å²) in [5.41, 5.74) is -0.350. The van der Waals surface area contributed by atoms with Gasteiger partial charge in [-0.2, -0.15) is 0 Å². The van der Waals surface area contributed by atoms with Crippen LogP contribution in [0.25, 0.3) is 0 Å². The maximum Gasteiger partial charge on any atom is 0.259 e. The molecule has 0 aromatic heterocycles. The maximum absolute atomic E-state index is 12.8. The summed E-state index contributed by atoms with van der Waals surface area (Å²) in [6.45, 7) is 4.76. The van der Waals surface area contributed by atoms with Crippen molar-refractivity contribution in [3.05, 3.63) is 35.6 Å². The third-order valence-electron chi connectivity index (χ3n) is 10.2. The molecule has 0 radical (unpaired) electrons. The number of carbonyl (C=O) groups is 3. The van der Waals surface area contributed by atoms with Gasteiger partial charge in [-0.3, -0.25) is 14.4 Å². The molecule has 8 heteroatoms. The van der Waals surface area contributed by atoms with Gasteiger partial charge in [0.1, 0.15) is 17.4 Å². The number of carbonyl (C=O) groups excluding carboxylic acids is 3. The molecule has 5 N–H and O–H groups in total. The van der Waals surface area contributed by atoms with Gasteiger partial charge in [0.2, 0.25) is 5.91 Å². The summed E-state index contributed by atoms with van der Waals surface area (Å²) < 4.78 is 0. The van der Waals surface area contributed by atoms with E-state index in [1.807, 2.05) is 12.2 Å². The number of hydrogen-bond acceptors (Lipinski definition) is 6. The van der Waals surface area contributed by atoms with Gasteiger partial charge < -0.3 is 26.0 Å². The molecule has 37 heavy (non-hydrogen) atoms. The Hall–Kier alpha value is -2.45. The first-order valence-corrected chi connectivity index (χ1v) is 14.0. The second kappa shape index (κ2) is 10.4. The van der Waals surface area contributed by atoms with Crippen LogP contribution in [0.4, 0.5) is 0 Å². The van der Waals surface area contributed by atoms with Crippen LogP contribution in [0.15, 0.2) is 35.6 Å². The number of hydrogen-bond donors (Lipinski definition) is 5. The van der Waals surface area contributed by atoms with E-state index in [0.717, 1.165) is 6.42 Å². The molecule has 11 atom stereocenters. The van der Waals surface area contributed by atoms with Crippen molar-refractivity contribution < 1.29 is 29.7 Å². The SMILES string of the molecule is CC[C@H]1C[C@H]2C[C@@H]3[C@@H]4C/C=C\C(=O)NCC[C@@H](O)[C@@H]5NC(=O)C(=C(O)/C=C/[C@H]4C[C@H](O)[C@H]3[C@@H]2[C@H]1C)C5=O. The Morgan fingerprint density at radius 3 is 2.54 bits per heavy atom. The first-order valence-electron chi connectivity index (χ1n) is 14.0. The Morgan fingerprint density at radius 2 is 1.78 bits per heavy atom. The highest BCUT2D eigenvalue weighted by Crippen LogP contribution is 2.62. The van der Waals surface area contributed by atoms with Gasteiger partial charge in [-0.25, -0.2) is 0 Å². The van der Waals surface area contributed by atoms with Gasteiger partial charge in [-0.05, 0) is 91.6 Å². The molecule has 202 valence electrons. The van der Waals surface area contributed by atoms with Crippen LogP contribution < -0.4 is 10.6 Å². The highest BCUT2D eigenvalue weighted by molar-refractivity contribution is 6.27. The van der Waals surface area contributed by atoms with Gasteiger partial charge in [0.15, 0.2) is 5.78 Å². The van der Waals surface area contributed by atoms with E-state index in [0.29, 0.717) is 42.4 Å². The molecule has 3 saturated carbocycles. The van der Waals surface area contributed by atoms with Crippen molar-refractivity contribution in [3.8, 4) is 0 Å². The first kappa shape index (κ1) is 26.2. The number of rotatable bonds is 1. The second-order valence-electron chi connectivity index (χ2n) is 11.9. The molecule has 0 aromatic carbocycles. The molecule has 2 bridgehead atoms. The van der Waals surface area contributed by atoms with Crippen LogP contribution in [0, 0.1) is 47.3 Å².